The van der Waals surface area contributed by atoms with Crippen LogP contribution in [0.4, 0.5) is 4.39 Å². The van der Waals surface area contributed by atoms with Crippen molar-refractivity contribution < 1.29 is 14.6 Å². The molecule has 0 spiro atoms. The normalized spacial score (nSPS) is 11.1. The number of rotatable bonds is 5. The van der Waals surface area contributed by atoms with Crippen LogP contribution in [0.5, 0.6) is 11.5 Å². The molecule has 104 valence electrons. The molecule has 0 atom stereocenters. The SMILES string of the molecule is Oc1cccc(CCCN=Cc2cc(F)ccc2O)c1. The molecule has 0 saturated carbocycles. The van der Waals surface area contributed by atoms with Crippen LogP contribution < -0.4 is 0 Å². The van der Waals surface area contributed by atoms with E-state index < -0.39 is 5.82 Å². The average Bonchev–Trinajstić information content (AvgIpc) is 2.42. The summed E-state index contributed by atoms with van der Waals surface area (Å²) in [5.41, 5.74) is 1.43. The Morgan fingerprint density at radius 1 is 1.10 bits per heavy atom. The van der Waals surface area contributed by atoms with Crippen LogP contribution in [-0.4, -0.2) is 23.0 Å². The minimum atomic E-state index is -0.399. The molecular weight excluding hydrogens is 257 g/mol. The first-order chi connectivity index (χ1) is 9.65. The Morgan fingerprint density at radius 2 is 1.95 bits per heavy atom. The molecule has 0 radical (unpaired) electrons. The van der Waals surface area contributed by atoms with Gasteiger partial charge in [0.05, 0.1) is 0 Å². The molecule has 0 aliphatic heterocycles. The van der Waals surface area contributed by atoms with Gasteiger partial charge < -0.3 is 10.2 Å². The Kier molecular flexibility index (Phi) is 4.71. The van der Waals surface area contributed by atoms with E-state index in [4.69, 9.17) is 0 Å². The second-order valence-corrected chi connectivity index (χ2v) is 4.51. The summed E-state index contributed by atoms with van der Waals surface area (Å²) in [4.78, 5) is 4.17. The molecule has 3 nitrogen and oxygen atoms in total. The number of hydrogen-bond donors (Lipinski definition) is 2. The molecule has 0 fully saturated rings. The fourth-order valence-electron chi connectivity index (χ4n) is 1.88. The van der Waals surface area contributed by atoms with Gasteiger partial charge >= 0.3 is 0 Å². The van der Waals surface area contributed by atoms with Crippen LogP contribution in [-0.2, 0) is 6.42 Å². The fraction of sp³-hybridized carbons (Fsp3) is 0.188. The third-order valence-electron chi connectivity index (χ3n) is 2.88. The first-order valence-corrected chi connectivity index (χ1v) is 6.41. The van der Waals surface area contributed by atoms with E-state index in [0.29, 0.717) is 12.1 Å². The van der Waals surface area contributed by atoms with Gasteiger partial charge in [0.2, 0.25) is 0 Å². The van der Waals surface area contributed by atoms with Gasteiger partial charge in [0.25, 0.3) is 0 Å². The summed E-state index contributed by atoms with van der Waals surface area (Å²) in [5, 5.41) is 18.8. The van der Waals surface area contributed by atoms with Gasteiger partial charge in [-0.2, -0.15) is 0 Å². The Morgan fingerprint density at radius 3 is 2.75 bits per heavy atom. The second-order valence-electron chi connectivity index (χ2n) is 4.51. The van der Waals surface area contributed by atoms with Crippen molar-refractivity contribution in [3.8, 4) is 11.5 Å². The lowest BCUT2D eigenvalue weighted by Crippen LogP contribution is -1.90. The topological polar surface area (TPSA) is 52.8 Å². The van der Waals surface area contributed by atoms with E-state index in [1.54, 1.807) is 18.2 Å². The minimum Gasteiger partial charge on any atom is -0.508 e. The molecule has 0 saturated heterocycles. The van der Waals surface area contributed by atoms with E-state index in [1.807, 2.05) is 6.07 Å². The number of aromatic hydroxyl groups is 2. The van der Waals surface area contributed by atoms with Crippen molar-refractivity contribution in [3.05, 3.63) is 59.4 Å². The van der Waals surface area contributed by atoms with Crippen molar-refractivity contribution in [3.63, 3.8) is 0 Å². The quantitative estimate of drug-likeness (QED) is 0.648. The van der Waals surface area contributed by atoms with Crippen LogP contribution in [0, 0.1) is 5.82 Å². The molecule has 0 amide bonds. The molecule has 0 unspecified atom stereocenters. The molecule has 2 aromatic rings. The Balaban J connectivity index is 1.84. The predicted molar refractivity (Wildman–Crippen MR) is 77.0 cm³/mol. The zero-order chi connectivity index (χ0) is 14.4. The molecule has 2 aromatic carbocycles. The molecule has 20 heavy (non-hydrogen) atoms. The van der Waals surface area contributed by atoms with Crippen molar-refractivity contribution in [2.75, 3.05) is 6.54 Å². The largest absolute Gasteiger partial charge is 0.508 e. The summed E-state index contributed by atoms with van der Waals surface area (Å²) >= 11 is 0. The highest BCUT2D eigenvalue weighted by atomic mass is 19.1. The van der Waals surface area contributed by atoms with Crippen LogP contribution in [0.1, 0.15) is 17.5 Å². The van der Waals surface area contributed by atoms with E-state index in [-0.39, 0.29) is 11.5 Å². The van der Waals surface area contributed by atoms with Crippen molar-refractivity contribution in [2.24, 2.45) is 4.99 Å². The highest BCUT2D eigenvalue weighted by Crippen LogP contribution is 2.16. The average molecular weight is 273 g/mol. The van der Waals surface area contributed by atoms with Crippen LogP contribution in [0.15, 0.2) is 47.5 Å². The van der Waals surface area contributed by atoms with Crippen LogP contribution in [0.3, 0.4) is 0 Å². The first-order valence-electron chi connectivity index (χ1n) is 6.41. The van der Waals surface area contributed by atoms with Crippen LogP contribution in [0.25, 0.3) is 0 Å². The lowest BCUT2D eigenvalue weighted by atomic mass is 10.1. The molecule has 0 heterocycles. The number of benzene rings is 2. The summed E-state index contributed by atoms with van der Waals surface area (Å²) in [5.74, 6) is -0.122. The summed E-state index contributed by atoms with van der Waals surface area (Å²) in [6.45, 7) is 0.575. The van der Waals surface area contributed by atoms with E-state index in [0.717, 1.165) is 18.4 Å². The second kappa shape index (κ2) is 6.70. The van der Waals surface area contributed by atoms with Gasteiger partial charge in [-0.15, -0.1) is 0 Å². The van der Waals surface area contributed by atoms with Gasteiger partial charge in [-0.05, 0) is 48.7 Å². The Labute approximate surface area is 117 Å². The van der Waals surface area contributed by atoms with Gasteiger partial charge in [-0.1, -0.05) is 12.1 Å². The van der Waals surface area contributed by atoms with Crippen molar-refractivity contribution >= 4 is 6.21 Å². The zero-order valence-corrected chi connectivity index (χ0v) is 11.0. The van der Waals surface area contributed by atoms with Gasteiger partial charge in [-0.3, -0.25) is 4.99 Å². The maximum Gasteiger partial charge on any atom is 0.124 e. The highest BCUT2D eigenvalue weighted by Gasteiger charge is 1.99. The van der Waals surface area contributed by atoms with Gasteiger partial charge in [-0.25, -0.2) is 4.39 Å². The number of halogens is 1. The number of phenols is 2. The van der Waals surface area contributed by atoms with Gasteiger partial charge in [0, 0.05) is 18.3 Å². The summed E-state index contributed by atoms with van der Waals surface area (Å²) in [7, 11) is 0. The Bertz CT molecular complexity index is 611. The molecule has 0 aliphatic rings. The predicted octanol–water partition coefficient (Wildman–Crippen LogP) is 3.29. The third-order valence-corrected chi connectivity index (χ3v) is 2.88. The molecule has 2 rings (SSSR count). The summed E-state index contributed by atoms with van der Waals surface area (Å²) < 4.78 is 13.0. The lowest BCUT2D eigenvalue weighted by molar-refractivity contribution is 0.472. The highest BCUT2D eigenvalue weighted by molar-refractivity contribution is 5.83. The summed E-state index contributed by atoms with van der Waals surface area (Å²) in [6.07, 6.45) is 3.10. The molecule has 0 aliphatic carbocycles. The number of aliphatic imine (C=N–C) groups is 1. The van der Waals surface area contributed by atoms with E-state index >= 15 is 0 Å². The smallest absolute Gasteiger partial charge is 0.124 e. The molecule has 4 heteroatoms. The molecular formula is C16H16FNO2. The van der Waals surface area contributed by atoms with Gasteiger partial charge in [0.1, 0.15) is 17.3 Å². The minimum absolute atomic E-state index is 0.0168. The van der Waals surface area contributed by atoms with E-state index in [2.05, 4.69) is 4.99 Å². The third kappa shape index (κ3) is 4.09. The number of hydrogen-bond acceptors (Lipinski definition) is 3. The number of nitrogens with zero attached hydrogens (tertiary/aromatic N) is 1. The standard InChI is InChI=1S/C16H16FNO2/c17-14-6-7-16(20)13(10-14)11-18-8-2-4-12-3-1-5-15(19)9-12/h1,3,5-7,9-11,19-20H,2,4,8H2. The van der Waals surface area contributed by atoms with Crippen LogP contribution >= 0.6 is 0 Å². The summed E-state index contributed by atoms with van der Waals surface area (Å²) in [6, 6.07) is 10.9. The molecule has 2 N–H and O–H groups in total. The maximum atomic E-state index is 13.0. The Hall–Kier alpha value is -2.36. The van der Waals surface area contributed by atoms with Crippen molar-refractivity contribution in [1.29, 1.82) is 0 Å². The maximum absolute atomic E-state index is 13.0. The first kappa shape index (κ1) is 14.1. The fourth-order valence-corrected chi connectivity index (χ4v) is 1.88. The van der Waals surface area contributed by atoms with E-state index in [9.17, 15) is 14.6 Å². The van der Waals surface area contributed by atoms with Crippen molar-refractivity contribution in [2.45, 2.75) is 12.8 Å². The van der Waals surface area contributed by atoms with Gasteiger partial charge in [0.15, 0.2) is 0 Å². The van der Waals surface area contributed by atoms with Crippen LogP contribution in [0.2, 0.25) is 0 Å². The number of aryl methyl sites for hydroxylation is 1. The van der Waals surface area contributed by atoms with Crippen molar-refractivity contribution in [1.82, 2.24) is 0 Å². The zero-order valence-electron chi connectivity index (χ0n) is 11.0. The molecule has 0 bridgehead atoms. The lowest BCUT2D eigenvalue weighted by Gasteiger charge is -2.01. The monoisotopic (exact) mass is 273 g/mol. The van der Waals surface area contributed by atoms with E-state index in [1.165, 1.54) is 24.4 Å². The molecule has 0 aromatic heterocycles. The number of phenolic OH excluding ortho intramolecular Hbond substituents is 2.